The van der Waals surface area contributed by atoms with Gasteiger partial charge >= 0.3 is 0 Å². The van der Waals surface area contributed by atoms with Crippen molar-refractivity contribution in [2.24, 2.45) is 23.7 Å². The van der Waals surface area contributed by atoms with E-state index in [4.69, 9.17) is 0 Å². The molecular formula is C13H24. The Morgan fingerprint density at radius 1 is 0.846 bits per heavy atom. The van der Waals surface area contributed by atoms with Gasteiger partial charge in [-0.3, -0.25) is 0 Å². The smallest absolute Gasteiger partial charge is 0.0360 e. The van der Waals surface area contributed by atoms with Crippen molar-refractivity contribution < 1.29 is 0 Å². The lowest BCUT2D eigenvalue weighted by molar-refractivity contribution is 0.143. The van der Waals surface area contributed by atoms with Crippen molar-refractivity contribution in [3.05, 3.63) is 0 Å². The molecule has 0 amide bonds. The Bertz CT molecular complexity index is 155. The predicted molar refractivity (Wildman–Crippen MR) is 57.6 cm³/mol. The van der Waals surface area contributed by atoms with E-state index in [0.717, 1.165) is 23.7 Å². The molecule has 2 saturated carbocycles. The first-order chi connectivity index (χ1) is 6.27. The molecule has 0 saturated heterocycles. The normalized spacial score (nSPS) is 42.5. The molecule has 2 aliphatic carbocycles. The molecule has 0 heterocycles. The summed E-state index contributed by atoms with van der Waals surface area (Å²) in [6, 6.07) is 0. The van der Waals surface area contributed by atoms with Crippen LogP contribution in [-0.2, 0) is 0 Å². The summed E-state index contributed by atoms with van der Waals surface area (Å²) in [6.07, 6.45) is 10.7. The summed E-state index contributed by atoms with van der Waals surface area (Å²) in [7, 11) is 0. The highest BCUT2D eigenvalue weighted by molar-refractivity contribution is 4.83. The van der Waals surface area contributed by atoms with Crippen LogP contribution in [0.15, 0.2) is 0 Å². The molecule has 0 spiro atoms. The molecule has 3 unspecified atom stereocenters. The number of hydrogen-bond acceptors (Lipinski definition) is 0. The van der Waals surface area contributed by atoms with Crippen LogP contribution in [0.3, 0.4) is 0 Å². The highest BCUT2D eigenvalue weighted by Crippen LogP contribution is 2.43. The van der Waals surface area contributed by atoms with Crippen LogP contribution in [-0.4, -0.2) is 0 Å². The SMILES string of the molecule is CC1CCC(C2CCCC2)C(C)C1. The molecule has 0 heteroatoms. The lowest BCUT2D eigenvalue weighted by Crippen LogP contribution is -2.26. The molecular weight excluding hydrogens is 156 g/mol. The van der Waals surface area contributed by atoms with Crippen molar-refractivity contribution in [1.29, 1.82) is 0 Å². The first-order valence-electron chi connectivity index (χ1n) is 6.27. The highest BCUT2D eigenvalue weighted by Gasteiger charge is 2.32. The van der Waals surface area contributed by atoms with Gasteiger partial charge in [0.1, 0.15) is 0 Å². The zero-order chi connectivity index (χ0) is 9.26. The predicted octanol–water partition coefficient (Wildman–Crippen LogP) is 4.25. The average molecular weight is 180 g/mol. The van der Waals surface area contributed by atoms with Gasteiger partial charge in [-0.15, -0.1) is 0 Å². The Hall–Kier alpha value is 0. The van der Waals surface area contributed by atoms with E-state index in [1.54, 1.807) is 12.8 Å². The van der Waals surface area contributed by atoms with Crippen LogP contribution in [0.25, 0.3) is 0 Å². The fourth-order valence-electron chi connectivity index (χ4n) is 3.77. The second-order valence-electron chi connectivity index (χ2n) is 5.60. The van der Waals surface area contributed by atoms with Crippen molar-refractivity contribution >= 4 is 0 Å². The Kier molecular flexibility index (Phi) is 2.96. The standard InChI is InChI=1S/C13H24/c1-10-7-8-13(11(2)9-10)12-5-3-4-6-12/h10-13H,3-9H2,1-2H3. The van der Waals surface area contributed by atoms with Crippen LogP contribution in [0.2, 0.25) is 0 Å². The molecule has 0 aromatic heterocycles. The van der Waals surface area contributed by atoms with Crippen molar-refractivity contribution in [2.75, 3.05) is 0 Å². The summed E-state index contributed by atoms with van der Waals surface area (Å²) in [5.74, 6) is 4.24. The van der Waals surface area contributed by atoms with Gasteiger partial charge in [-0.05, 0) is 36.5 Å². The third-order valence-electron chi connectivity index (χ3n) is 4.50. The largest absolute Gasteiger partial charge is 0.0625 e. The fourth-order valence-corrected chi connectivity index (χ4v) is 3.77. The highest BCUT2D eigenvalue weighted by atomic mass is 14.4. The molecule has 2 aliphatic rings. The summed E-state index contributed by atoms with van der Waals surface area (Å²) >= 11 is 0. The molecule has 0 aliphatic heterocycles. The molecule has 2 fully saturated rings. The van der Waals surface area contributed by atoms with E-state index in [1.807, 2.05) is 0 Å². The van der Waals surface area contributed by atoms with Gasteiger partial charge in [0, 0.05) is 0 Å². The summed E-state index contributed by atoms with van der Waals surface area (Å²) in [4.78, 5) is 0. The van der Waals surface area contributed by atoms with Crippen molar-refractivity contribution in [3.63, 3.8) is 0 Å². The van der Waals surface area contributed by atoms with Crippen LogP contribution in [0.5, 0.6) is 0 Å². The second-order valence-corrected chi connectivity index (χ2v) is 5.60. The summed E-state index contributed by atoms with van der Waals surface area (Å²) in [6.45, 7) is 4.93. The van der Waals surface area contributed by atoms with Crippen LogP contribution in [0.1, 0.15) is 58.8 Å². The fraction of sp³-hybridized carbons (Fsp3) is 1.00. The summed E-state index contributed by atoms with van der Waals surface area (Å²) in [5, 5.41) is 0. The van der Waals surface area contributed by atoms with E-state index in [9.17, 15) is 0 Å². The molecule has 0 nitrogen and oxygen atoms in total. The average Bonchev–Trinajstić information content (AvgIpc) is 2.56. The van der Waals surface area contributed by atoms with Crippen LogP contribution in [0.4, 0.5) is 0 Å². The Labute approximate surface area is 83.1 Å². The van der Waals surface area contributed by atoms with E-state index in [2.05, 4.69) is 13.8 Å². The van der Waals surface area contributed by atoms with Gasteiger partial charge in [0.2, 0.25) is 0 Å². The van der Waals surface area contributed by atoms with Crippen molar-refractivity contribution in [3.8, 4) is 0 Å². The van der Waals surface area contributed by atoms with E-state index in [-0.39, 0.29) is 0 Å². The minimum Gasteiger partial charge on any atom is -0.0625 e. The molecule has 76 valence electrons. The number of rotatable bonds is 1. The van der Waals surface area contributed by atoms with Gasteiger partial charge in [-0.25, -0.2) is 0 Å². The van der Waals surface area contributed by atoms with Crippen LogP contribution < -0.4 is 0 Å². The molecule has 2 rings (SSSR count). The summed E-state index contributed by atoms with van der Waals surface area (Å²) in [5.41, 5.74) is 0. The van der Waals surface area contributed by atoms with Gasteiger partial charge in [-0.1, -0.05) is 46.0 Å². The van der Waals surface area contributed by atoms with Crippen molar-refractivity contribution in [1.82, 2.24) is 0 Å². The minimum absolute atomic E-state index is 1.01. The zero-order valence-corrected chi connectivity index (χ0v) is 9.26. The minimum atomic E-state index is 1.01. The lowest BCUT2D eigenvalue weighted by Gasteiger charge is -2.36. The summed E-state index contributed by atoms with van der Waals surface area (Å²) < 4.78 is 0. The van der Waals surface area contributed by atoms with Gasteiger partial charge in [-0.2, -0.15) is 0 Å². The molecule has 0 aromatic rings. The third kappa shape index (κ3) is 2.08. The second kappa shape index (κ2) is 4.02. The first kappa shape index (κ1) is 9.55. The maximum atomic E-state index is 2.50. The maximum Gasteiger partial charge on any atom is -0.0360 e. The first-order valence-corrected chi connectivity index (χ1v) is 6.27. The molecule has 13 heavy (non-hydrogen) atoms. The zero-order valence-electron chi connectivity index (χ0n) is 9.26. The molecule has 0 N–H and O–H groups in total. The van der Waals surface area contributed by atoms with E-state index < -0.39 is 0 Å². The van der Waals surface area contributed by atoms with Gasteiger partial charge in [0.25, 0.3) is 0 Å². The lowest BCUT2D eigenvalue weighted by atomic mass is 9.69. The Morgan fingerprint density at radius 3 is 2.15 bits per heavy atom. The van der Waals surface area contributed by atoms with Gasteiger partial charge in [0.05, 0.1) is 0 Å². The monoisotopic (exact) mass is 180 g/mol. The van der Waals surface area contributed by atoms with E-state index in [0.29, 0.717) is 0 Å². The topological polar surface area (TPSA) is 0 Å². The van der Waals surface area contributed by atoms with Crippen LogP contribution in [0, 0.1) is 23.7 Å². The van der Waals surface area contributed by atoms with Crippen molar-refractivity contribution in [2.45, 2.75) is 58.8 Å². The molecule has 0 radical (unpaired) electrons. The van der Waals surface area contributed by atoms with Crippen LogP contribution >= 0.6 is 0 Å². The van der Waals surface area contributed by atoms with Gasteiger partial charge < -0.3 is 0 Å². The van der Waals surface area contributed by atoms with E-state index >= 15 is 0 Å². The molecule has 3 atom stereocenters. The quantitative estimate of drug-likeness (QED) is 0.566. The Morgan fingerprint density at radius 2 is 1.54 bits per heavy atom. The van der Waals surface area contributed by atoms with Gasteiger partial charge in [0.15, 0.2) is 0 Å². The molecule has 0 bridgehead atoms. The van der Waals surface area contributed by atoms with E-state index in [1.165, 1.54) is 32.1 Å². The Balaban J connectivity index is 1.91. The third-order valence-corrected chi connectivity index (χ3v) is 4.50. The molecule has 0 aromatic carbocycles. The number of hydrogen-bond donors (Lipinski definition) is 0. The maximum absolute atomic E-state index is 2.50.